The van der Waals surface area contributed by atoms with Crippen molar-refractivity contribution in [1.29, 1.82) is 0 Å². The van der Waals surface area contributed by atoms with Gasteiger partial charge in [0.2, 0.25) is 0 Å². The molecule has 0 atom stereocenters. The van der Waals surface area contributed by atoms with Crippen molar-refractivity contribution in [3.8, 4) is 5.75 Å². The molecule has 0 aliphatic carbocycles. The van der Waals surface area contributed by atoms with Crippen LogP contribution in [-0.4, -0.2) is 20.2 Å². The monoisotopic (exact) mass is 256 g/mol. The summed E-state index contributed by atoms with van der Waals surface area (Å²) in [5.74, 6) is 0.888. The van der Waals surface area contributed by atoms with Gasteiger partial charge >= 0.3 is 0 Å². The maximum atomic E-state index is 5.72. The molecule has 0 bridgehead atoms. The van der Waals surface area contributed by atoms with E-state index in [-0.39, 0.29) is 0 Å². The molecule has 100 valence electrons. The third kappa shape index (κ3) is 4.00. The van der Waals surface area contributed by atoms with Crippen LogP contribution in [-0.2, 0) is 6.54 Å². The highest BCUT2D eigenvalue weighted by atomic mass is 16.5. The Kier molecular flexibility index (Phi) is 4.81. The fraction of sp³-hybridized carbons (Fsp3) is 0.250. The third-order valence-corrected chi connectivity index (χ3v) is 3.05. The number of hydrogen-bond donors (Lipinski definition) is 1. The first kappa shape index (κ1) is 13.4. The molecule has 0 aliphatic heterocycles. The number of ether oxygens (including phenoxy) is 1. The summed E-state index contributed by atoms with van der Waals surface area (Å²) in [4.78, 5) is 2.17. The number of nitrogens with two attached hydrogens (primary N) is 1. The van der Waals surface area contributed by atoms with E-state index in [4.69, 9.17) is 10.5 Å². The zero-order valence-corrected chi connectivity index (χ0v) is 11.3. The van der Waals surface area contributed by atoms with Gasteiger partial charge < -0.3 is 15.4 Å². The average molecular weight is 256 g/mol. The SMILES string of the molecule is CN(CCOc1ccc(CN)cc1)c1ccccc1. The van der Waals surface area contributed by atoms with E-state index in [1.165, 1.54) is 5.69 Å². The molecule has 2 aromatic carbocycles. The lowest BCUT2D eigenvalue weighted by Crippen LogP contribution is -2.23. The Balaban J connectivity index is 1.79. The lowest BCUT2D eigenvalue weighted by atomic mass is 10.2. The van der Waals surface area contributed by atoms with E-state index in [0.29, 0.717) is 13.2 Å². The van der Waals surface area contributed by atoms with Crippen LogP contribution in [0.3, 0.4) is 0 Å². The first-order valence-corrected chi connectivity index (χ1v) is 6.47. The molecular formula is C16H20N2O. The second kappa shape index (κ2) is 6.81. The molecule has 0 radical (unpaired) electrons. The van der Waals surface area contributed by atoms with Gasteiger partial charge in [-0.2, -0.15) is 0 Å². The summed E-state index contributed by atoms with van der Waals surface area (Å²) in [5.41, 5.74) is 7.87. The predicted molar refractivity (Wildman–Crippen MR) is 79.5 cm³/mol. The Morgan fingerprint density at radius 2 is 1.68 bits per heavy atom. The highest BCUT2D eigenvalue weighted by Gasteiger charge is 2.00. The van der Waals surface area contributed by atoms with Crippen LogP contribution in [0.2, 0.25) is 0 Å². The zero-order chi connectivity index (χ0) is 13.5. The van der Waals surface area contributed by atoms with Crippen LogP contribution in [0.15, 0.2) is 54.6 Å². The first-order valence-electron chi connectivity index (χ1n) is 6.47. The van der Waals surface area contributed by atoms with E-state index in [1.54, 1.807) is 0 Å². The Morgan fingerprint density at radius 3 is 2.32 bits per heavy atom. The van der Waals surface area contributed by atoms with Crippen molar-refractivity contribution < 1.29 is 4.74 Å². The highest BCUT2D eigenvalue weighted by Crippen LogP contribution is 2.13. The lowest BCUT2D eigenvalue weighted by molar-refractivity contribution is 0.326. The molecule has 0 fully saturated rings. The molecule has 3 nitrogen and oxygen atoms in total. The summed E-state index contributed by atoms with van der Waals surface area (Å²) in [6, 6.07) is 18.2. The molecule has 2 aromatic rings. The predicted octanol–water partition coefficient (Wildman–Crippen LogP) is 2.66. The molecule has 0 saturated carbocycles. The highest BCUT2D eigenvalue weighted by molar-refractivity contribution is 5.44. The van der Waals surface area contributed by atoms with Crippen molar-refractivity contribution >= 4 is 5.69 Å². The molecule has 0 spiro atoms. The zero-order valence-electron chi connectivity index (χ0n) is 11.3. The molecule has 0 heterocycles. The van der Waals surface area contributed by atoms with Crippen LogP contribution < -0.4 is 15.4 Å². The van der Waals surface area contributed by atoms with Crippen LogP contribution in [0.4, 0.5) is 5.69 Å². The summed E-state index contributed by atoms with van der Waals surface area (Å²) >= 11 is 0. The summed E-state index contributed by atoms with van der Waals surface area (Å²) in [7, 11) is 2.07. The number of anilines is 1. The smallest absolute Gasteiger partial charge is 0.119 e. The minimum atomic E-state index is 0.566. The van der Waals surface area contributed by atoms with Gasteiger partial charge in [-0.05, 0) is 29.8 Å². The van der Waals surface area contributed by atoms with Crippen LogP contribution in [0, 0.1) is 0 Å². The Labute approximate surface area is 114 Å². The molecule has 0 unspecified atom stereocenters. The summed E-state index contributed by atoms with van der Waals surface area (Å²) < 4.78 is 5.72. The van der Waals surface area contributed by atoms with Crippen LogP contribution in [0.1, 0.15) is 5.56 Å². The number of benzene rings is 2. The molecule has 3 heteroatoms. The van der Waals surface area contributed by atoms with Gasteiger partial charge in [0.05, 0.1) is 6.54 Å². The topological polar surface area (TPSA) is 38.5 Å². The van der Waals surface area contributed by atoms with E-state index < -0.39 is 0 Å². The maximum absolute atomic E-state index is 5.72. The molecule has 0 saturated heterocycles. The van der Waals surface area contributed by atoms with Crippen LogP contribution in [0.5, 0.6) is 5.75 Å². The number of hydrogen-bond acceptors (Lipinski definition) is 3. The first-order chi connectivity index (χ1) is 9.29. The molecule has 2 N–H and O–H groups in total. The number of para-hydroxylation sites is 1. The van der Waals surface area contributed by atoms with E-state index >= 15 is 0 Å². The van der Waals surface area contributed by atoms with Crippen molar-refractivity contribution in [1.82, 2.24) is 0 Å². The Hall–Kier alpha value is -2.00. The van der Waals surface area contributed by atoms with E-state index in [0.717, 1.165) is 17.9 Å². The standard InChI is InChI=1S/C16H20N2O/c1-18(15-5-3-2-4-6-15)11-12-19-16-9-7-14(13-17)8-10-16/h2-10H,11-13,17H2,1H3. The third-order valence-electron chi connectivity index (χ3n) is 3.05. The Morgan fingerprint density at radius 1 is 1.00 bits per heavy atom. The van der Waals surface area contributed by atoms with Gasteiger partial charge in [-0.15, -0.1) is 0 Å². The Bertz CT molecular complexity index is 482. The van der Waals surface area contributed by atoms with Crippen molar-refractivity contribution in [3.05, 3.63) is 60.2 Å². The van der Waals surface area contributed by atoms with Crippen molar-refractivity contribution in [2.75, 3.05) is 25.1 Å². The number of rotatable bonds is 6. The normalized spacial score (nSPS) is 10.2. The van der Waals surface area contributed by atoms with Gasteiger partial charge in [-0.3, -0.25) is 0 Å². The van der Waals surface area contributed by atoms with Crippen LogP contribution in [0.25, 0.3) is 0 Å². The fourth-order valence-corrected chi connectivity index (χ4v) is 1.83. The van der Waals surface area contributed by atoms with Gasteiger partial charge in [0.25, 0.3) is 0 Å². The van der Waals surface area contributed by atoms with Crippen molar-refractivity contribution in [2.24, 2.45) is 5.73 Å². The second-order valence-electron chi connectivity index (χ2n) is 4.45. The van der Waals surface area contributed by atoms with Crippen LogP contribution >= 0.6 is 0 Å². The van der Waals surface area contributed by atoms with E-state index in [9.17, 15) is 0 Å². The molecule has 19 heavy (non-hydrogen) atoms. The maximum Gasteiger partial charge on any atom is 0.119 e. The second-order valence-corrected chi connectivity index (χ2v) is 4.45. The molecule has 2 rings (SSSR count). The van der Waals surface area contributed by atoms with Gasteiger partial charge in [-0.25, -0.2) is 0 Å². The van der Waals surface area contributed by atoms with E-state index in [1.807, 2.05) is 42.5 Å². The summed E-state index contributed by atoms with van der Waals surface area (Å²) in [6.45, 7) is 2.08. The van der Waals surface area contributed by atoms with E-state index in [2.05, 4.69) is 24.1 Å². The molecule has 0 aliphatic rings. The number of nitrogens with zero attached hydrogens (tertiary/aromatic N) is 1. The molecular weight excluding hydrogens is 236 g/mol. The van der Waals surface area contributed by atoms with Gasteiger partial charge in [0.15, 0.2) is 0 Å². The largest absolute Gasteiger partial charge is 0.492 e. The van der Waals surface area contributed by atoms with Crippen molar-refractivity contribution in [2.45, 2.75) is 6.54 Å². The van der Waals surface area contributed by atoms with Crippen molar-refractivity contribution in [3.63, 3.8) is 0 Å². The van der Waals surface area contributed by atoms with Gasteiger partial charge in [0.1, 0.15) is 12.4 Å². The molecule has 0 amide bonds. The summed E-state index contributed by atoms with van der Waals surface area (Å²) in [5, 5.41) is 0. The fourth-order valence-electron chi connectivity index (χ4n) is 1.83. The lowest BCUT2D eigenvalue weighted by Gasteiger charge is -2.19. The minimum absolute atomic E-state index is 0.566. The molecule has 0 aromatic heterocycles. The minimum Gasteiger partial charge on any atom is -0.492 e. The quantitative estimate of drug-likeness (QED) is 0.863. The summed E-state index contributed by atoms with van der Waals surface area (Å²) in [6.07, 6.45) is 0. The number of likely N-dealkylation sites (N-methyl/N-ethyl adjacent to an activating group) is 1. The average Bonchev–Trinajstić information content (AvgIpc) is 2.49. The van der Waals surface area contributed by atoms with Gasteiger partial charge in [0, 0.05) is 19.3 Å². The van der Waals surface area contributed by atoms with Gasteiger partial charge in [-0.1, -0.05) is 30.3 Å².